The van der Waals surface area contributed by atoms with Crippen molar-refractivity contribution in [2.75, 3.05) is 47.5 Å². The van der Waals surface area contributed by atoms with E-state index >= 15 is 0 Å². The Kier molecular flexibility index (Phi) is 65.5. The molecule has 88 heavy (non-hydrogen) atoms. The number of nitrogens with zero attached hydrogens (tertiary/aromatic N) is 1. The number of phosphoric acid groups is 1. The maximum Gasteiger partial charge on any atom is 0.472 e. The zero-order chi connectivity index (χ0) is 64.1. The zero-order valence-electron chi connectivity index (χ0n) is 57.9. The summed E-state index contributed by atoms with van der Waals surface area (Å²) in [6.07, 6.45) is 96.4. The number of phosphoric ester groups is 1. The highest BCUT2D eigenvalue weighted by Crippen LogP contribution is 2.43. The van der Waals surface area contributed by atoms with Gasteiger partial charge >= 0.3 is 19.8 Å². The first-order chi connectivity index (χ1) is 43.0. The lowest BCUT2D eigenvalue weighted by Gasteiger charge is -2.24. The van der Waals surface area contributed by atoms with Crippen LogP contribution >= 0.6 is 7.82 Å². The summed E-state index contributed by atoms with van der Waals surface area (Å²) >= 11 is 0. The summed E-state index contributed by atoms with van der Waals surface area (Å²) in [5.41, 5.74) is 0. The maximum atomic E-state index is 12.9. The maximum absolute atomic E-state index is 12.9. The highest BCUT2D eigenvalue weighted by molar-refractivity contribution is 7.47. The standard InChI is InChI=1S/C78H138NO8P/c1-6-8-10-12-14-16-18-20-22-24-26-28-30-32-33-34-35-36-37-38-39-40-41-42-43-44-45-47-49-51-53-55-57-59-61-63-65-67-69-71-78(81)87-76(75-86-88(82,83)85-73-72-79(3,4)5)74-84-77(80)70-68-66-64-62-60-58-56-54-52-50-48-46-31-29-27-25-23-21-19-17-15-13-11-9-7-2/h8-11,14-17,20-23,26-29,32-33,76H,6-7,12-13,18-19,24-25,30-31,34-75H2,1-5H3/p+1/b10-8-,11-9-,16-14-,17-15-,22-20-,23-21-,28-26-,29-27-,33-32-. The van der Waals surface area contributed by atoms with Crippen LogP contribution in [-0.2, 0) is 32.7 Å². The summed E-state index contributed by atoms with van der Waals surface area (Å²) < 4.78 is 34.8. The van der Waals surface area contributed by atoms with Gasteiger partial charge in [0.2, 0.25) is 0 Å². The van der Waals surface area contributed by atoms with E-state index in [-0.39, 0.29) is 32.0 Å². The van der Waals surface area contributed by atoms with Crippen LogP contribution in [-0.4, -0.2) is 74.9 Å². The molecule has 0 aliphatic rings. The molecule has 2 unspecified atom stereocenters. The Hall–Kier alpha value is -3.33. The molecule has 0 saturated carbocycles. The van der Waals surface area contributed by atoms with E-state index in [9.17, 15) is 19.0 Å². The highest BCUT2D eigenvalue weighted by Gasteiger charge is 2.27. The van der Waals surface area contributed by atoms with Gasteiger partial charge in [-0.15, -0.1) is 0 Å². The molecule has 0 radical (unpaired) electrons. The van der Waals surface area contributed by atoms with Crippen molar-refractivity contribution < 1.29 is 42.1 Å². The van der Waals surface area contributed by atoms with Gasteiger partial charge in [-0.25, -0.2) is 4.57 Å². The van der Waals surface area contributed by atoms with Gasteiger partial charge in [-0.2, -0.15) is 0 Å². The molecule has 0 saturated heterocycles. The molecule has 0 aliphatic heterocycles. The van der Waals surface area contributed by atoms with Crippen LogP contribution < -0.4 is 0 Å². The summed E-state index contributed by atoms with van der Waals surface area (Å²) in [5.74, 6) is -0.789. The normalized spacial score (nSPS) is 13.8. The number of hydrogen-bond acceptors (Lipinski definition) is 7. The van der Waals surface area contributed by atoms with Crippen LogP contribution in [0.5, 0.6) is 0 Å². The molecule has 0 aromatic heterocycles. The molecule has 1 N–H and O–H groups in total. The van der Waals surface area contributed by atoms with Gasteiger partial charge in [0.15, 0.2) is 6.10 Å². The van der Waals surface area contributed by atoms with Crippen LogP contribution in [0.1, 0.15) is 322 Å². The predicted molar refractivity (Wildman–Crippen MR) is 381 cm³/mol. The number of esters is 2. The third-order valence-corrected chi connectivity index (χ3v) is 16.8. The number of hydrogen-bond donors (Lipinski definition) is 1. The Morgan fingerprint density at radius 2 is 0.614 bits per heavy atom. The molecule has 0 heterocycles. The number of likely N-dealkylation sites (N-methyl/N-ethyl adjacent to an activating group) is 1. The van der Waals surface area contributed by atoms with E-state index in [1.165, 1.54) is 199 Å². The van der Waals surface area contributed by atoms with Crippen molar-refractivity contribution in [3.8, 4) is 0 Å². The number of rotatable bonds is 67. The fraction of sp³-hybridized carbons (Fsp3) is 0.744. The molecule has 508 valence electrons. The minimum atomic E-state index is -4.40. The first-order valence-electron chi connectivity index (χ1n) is 36.6. The molecule has 0 fully saturated rings. The third-order valence-electron chi connectivity index (χ3n) is 15.8. The monoisotopic (exact) mass is 1250 g/mol. The van der Waals surface area contributed by atoms with Gasteiger partial charge in [-0.05, 0) is 96.3 Å². The highest BCUT2D eigenvalue weighted by atomic mass is 31.2. The number of carbonyl (C=O) groups is 2. The van der Waals surface area contributed by atoms with Gasteiger partial charge in [0, 0.05) is 12.8 Å². The Balaban J connectivity index is 3.96. The first-order valence-corrected chi connectivity index (χ1v) is 38.1. The second kappa shape index (κ2) is 68.0. The van der Waals surface area contributed by atoms with Gasteiger partial charge in [0.25, 0.3) is 0 Å². The summed E-state index contributed by atoms with van der Waals surface area (Å²) in [7, 11) is 1.48. The van der Waals surface area contributed by atoms with Crippen molar-refractivity contribution in [1.82, 2.24) is 0 Å². The number of quaternary nitrogens is 1. The van der Waals surface area contributed by atoms with E-state index in [1.807, 2.05) is 21.1 Å². The Bertz CT molecular complexity index is 1850. The first kappa shape index (κ1) is 84.7. The van der Waals surface area contributed by atoms with E-state index in [0.717, 1.165) is 89.9 Å². The Morgan fingerprint density at radius 1 is 0.352 bits per heavy atom. The van der Waals surface area contributed by atoms with Gasteiger partial charge in [-0.1, -0.05) is 322 Å². The molecule has 0 aromatic carbocycles. The Morgan fingerprint density at radius 3 is 0.909 bits per heavy atom. The number of carbonyl (C=O) groups excluding carboxylic acids is 2. The fourth-order valence-electron chi connectivity index (χ4n) is 10.3. The number of allylic oxidation sites excluding steroid dienone is 18. The smallest absolute Gasteiger partial charge is 0.462 e. The SMILES string of the molecule is CC/C=C\C/C=C\C/C=C\C/C=C\C/C=C\CCCCCCCCCCCCCCCCCCCCCCCCCC(=O)OC(COC(=O)CCCCCCCCCCCCCC/C=C\C/C=C\C/C=C\C/C=C\CC)COP(=O)(O)OCC[N+](C)(C)C. The molecule has 0 spiro atoms. The van der Waals surface area contributed by atoms with Crippen LogP contribution in [0.2, 0.25) is 0 Å². The van der Waals surface area contributed by atoms with Crippen LogP contribution in [0, 0.1) is 0 Å². The van der Waals surface area contributed by atoms with Crippen molar-refractivity contribution >= 4 is 19.8 Å². The van der Waals surface area contributed by atoms with Crippen molar-refractivity contribution in [2.24, 2.45) is 0 Å². The van der Waals surface area contributed by atoms with Gasteiger partial charge in [0.05, 0.1) is 27.7 Å². The van der Waals surface area contributed by atoms with Crippen molar-refractivity contribution in [3.63, 3.8) is 0 Å². The lowest BCUT2D eigenvalue weighted by molar-refractivity contribution is -0.870. The summed E-state index contributed by atoms with van der Waals surface area (Å²) in [6, 6.07) is 0. The molecular formula is C78H139NO8P+. The largest absolute Gasteiger partial charge is 0.472 e. The lowest BCUT2D eigenvalue weighted by Crippen LogP contribution is -2.37. The number of unbranched alkanes of at least 4 members (excludes halogenated alkanes) is 35. The molecule has 0 amide bonds. The second-order valence-corrected chi connectivity index (χ2v) is 27.0. The van der Waals surface area contributed by atoms with E-state index in [2.05, 4.69) is 123 Å². The minimum absolute atomic E-state index is 0.0297. The zero-order valence-corrected chi connectivity index (χ0v) is 58.8. The van der Waals surface area contributed by atoms with E-state index in [0.29, 0.717) is 17.4 Å². The predicted octanol–water partition coefficient (Wildman–Crippen LogP) is 24.1. The van der Waals surface area contributed by atoms with E-state index in [4.69, 9.17) is 18.5 Å². The van der Waals surface area contributed by atoms with Crippen molar-refractivity contribution in [3.05, 3.63) is 109 Å². The van der Waals surface area contributed by atoms with Crippen molar-refractivity contribution in [2.45, 2.75) is 328 Å². The summed E-state index contributed by atoms with van der Waals surface area (Å²) in [6.45, 7) is 4.24. The topological polar surface area (TPSA) is 108 Å². The second-order valence-electron chi connectivity index (χ2n) is 25.6. The molecule has 9 nitrogen and oxygen atoms in total. The van der Waals surface area contributed by atoms with Crippen LogP contribution in [0.15, 0.2) is 109 Å². The van der Waals surface area contributed by atoms with Crippen molar-refractivity contribution in [1.29, 1.82) is 0 Å². The molecular weight excluding hydrogens is 1110 g/mol. The molecule has 0 rings (SSSR count). The fourth-order valence-corrected chi connectivity index (χ4v) is 11.0. The average molecular weight is 1250 g/mol. The average Bonchev–Trinajstić information content (AvgIpc) is 3.68. The molecule has 2 atom stereocenters. The molecule has 0 aromatic rings. The van der Waals surface area contributed by atoms with Gasteiger partial charge < -0.3 is 18.9 Å². The van der Waals surface area contributed by atoms with E-state index in [1.54, 1.807) is 0 Å². The summed E-state index contributed by atoms with van der Waals surface area (Å²) in [5, 5.41) is 0. The van der Waals surface area contributed by atoms with E-state index < -0.39 is 26.5 Å². The van der Waals surface area contributed by atoms with Crippen LogP contribution in [0.4, 0.5) is 0 Å². The molecule has 0 bridgehead atoms. The lowest BCUT2D eigenvalue weighted by atomic mass is 10.0. The molecule has 0 aliphatic carbocycles. The van der Waals surface area contributed by atoms with Gasteiger partial charge in [-0.3, -0.25) is 18.6 Å². The number of ether oxygens (including phenoxy) is 2. The van der Waals surface area contributed by atoms with Crippen LogP contribution in [0.3, 0.4) is 0 Å². The third kappa shape index (κ3) is 71.7. The minimum Gasteiger partial charge on any atom is -0.462 e. The van der Waals surface area contributed by atoms with Crippen LogP contribution in [0.25, 0.3) is 0 Å². The van der Waals surface area contributed by atoms with Gasteiger partial charge in [0.1, 0.15) is 19.8 Å². The summed E-state index contributed by atoms with van der Waals surface area (Å²) in [4.78, 5) is 35.9. The Labute approximate surface area is 544 Å². The quantitative estimate of drug-likeness (QED) is 0.0211. The molecule has 10 heteroatoms.